The molecule has 5 nitrogen and oxygen atoms in total. The number of methoxy groups -OCH3 is 1. The molecule has 0 aliphatic carbocycles. The third kappa shape index (κ3) is 6.45. The van der Waals surface area contributed by atoms with Crippen molar-refractivity contribution in [3.63, 3.8) is 0 Å². The van der Waals surface area contributed by atoms with Crippen molar-refractivity contribution in [1.82, 2.24) is 4.90 Å². The van der Waals surface area contributed by atoms with Crippen molar-refractivity contribution in [2.24, 2.45) is 0 Å². The van der Waals surface area contributed by atoms with E-state index in [0.29, 0.717) is 30.4 Å². The summed E-state index contributed by atoms with van der Waals surface area (Å²) in [5.41, 5.74) is 1.62. The van der Waals surface area contributed by atoms with Crippen LogP contribution in [0.15, 0.2) is 18.2 Å². The summed E-state index contributed by atoms with van der Waals surface area (Å²) in [4.78, 5) is 25.1. The van der Waals surface area contributed by atoms with E-state index >= 15 is 0 Å². The lowest BCUT2D eigenvalue weighted by molar-refractivity contribution is -0.129. The van der Waals surface area contributed by atoms with E-state index in [0.717, 1.165) is 12.0 Å². The second-order valence-corrected chi connectivity index (χ2v) is 5.52. The Kier molecular flexibility index (Phi) is 7.91. The number of nitrogens with one attached hydrogen (secondary N) is 1. The standard InChI is InChI=1S/C16H23ClN2O3/c1-12-5-6-14(11-15(12)17)18-16(21)7-9-19(13(2)20)8-4-10-22-3/h5-6,11H,4,7-10H2,1-3H3,(H,18,21). The van der Waals surface area contributed by atoms with Crippen molar-refractivity contribution in [1.29, 1.82) is 0 Å². The minimum atomic E-state index is -0.141. The summed E-state index contributed by atoms with van der Waals surface area (Å²) in [6, 6.07) is 5.38. The number of halogens is 1. The van der Waals surface area contributed by atoms with Crippen LogP contribution in [0.5, 0.6) is 0 Å². The Hall–Kier alpha value is -1.59. The van der Waals surface area contributed by atoms with Crippen LogP contribution >= 0.6 is 11.6 Å². The molecule has 0 spiro atoms. The molecule has 22 heavy (non-hydrogen) atoms. The van der Waals surface area contributed by atoms with Crippen molar-refractivity contribution in [3.05, 3.63) is 28.8 Å². The predicted molar refractivity (Wildman–Crippen MR) is 88.2 cm³/mol. The largest absolute Gasteiger partial charge is 0.385 e. The van der Waals surface area contributed by atoms with E-state index in [1.807, 2.05) is 13.0 Å². The van der Waals surface area contributed by atoms with Crippen molar-refractivity contribution >= 4 is 29.1 Å². The van der Waals surface area contributed by atoms with Gasteiger partial charge in [-0.3, -0.25) is 9.59 Å². The van der Waals surface area contributed by atoms with Crippen molar-refractivity contribution < 1.29 is 14.3 Å². The Labute approximate surface area is 136 Å². The van der Waals surface area contributed by atoms with E-state index in [4.69, 9.17) is 16.3 Å². The third-order valence-electron chi connectivity index (χ3n) is 3.29. The van der Waals surface area contributed by atoms with E-state index in [1.54, 1.807) is 24.1 Å². The molecule has 1 aromatic carbocycles. The fourth-order valence-electron chi connectivity index (χ4n) is 1.96. The maximum atomic E-state index is 11.9. The Balaban J connectivity index is 2.45. The molecule has 0 aliphatic heterocycles. The summed E-state index contributed by atoms with van der Waals surface area (Å²) in [7, 11) is 1.62. The van der Waals surface area contributed by atoms with Gasteiger partial charge in [-0.1, -0.05) is 17.7 Å². The monoisotopic (exact) mass is 326 g/mol. The van der Waals surface area contributed by atoms with E-state index in [2.05, 4.69) is 5.32 Å². The number of carbonyl (C=O) groups is 2. The zero-order valence-electron chi connectivity index (χ0n) is 13.3. The summed E-state index contributed by atoms with van der Waals surface area (Å²) < 4.78 is 4.97. The van der Waals surface area contributed by atoms with Crippen LogP contribution in [0.3, 0.4) is 0 Å². The number of hydrogen-bond donors (Lipinski definition) is 1. The highest BCUT2D eigenvalue weighted by Crippen LogP contribution is 2.20. The Morgan fingerprint density at radius 2 is 2.05 bits per heavy atom. The molecule has 0 aromatic heterocycles. The Bertz CT molecular complexity index is 520. The Morgan fingerprint density at radius 1 is 1.32 bits per heavy atom. The van der Waals surface area contributed by atoms with Gasteiger partial charge in [0.2, 0.25) is 11.8 Å². The minimum absolute atomic E-state index is 0.0396. The van der Waals surface area contributed by atoms with Gasteiger partial charge in [0.15, 0.2) is 0 Å². The summed E-state index contributed by atoms with van der Waals surface area (Å²) in [5, 5.41) is 3.40. The first-order valence-electron chi connectivity index (χ1n) is 7.24. The summed E-state index contributed by atoms with van der Waals surface area (Å²) in [6.07, 6.45) is 1.00. The molecule has 2 amide bonds. The molecule has 122 valence electrons. The first-order valence-corrected chi connectivity index (χ1v) is 7.62. The first kappa shape index (κ1) is 18.5. The molecular formula is C16H23ClN2O3. The van der Waals surface area contributed by atoms with E-state index < -0.39 is 0 Å². The fraction of sp³-hybridized carbons (Fsp3) is 0.500. The van der Waals surface area contributed by atoms with Gasteiger partial charge in [0.1, 0.15) is 0 Å². The van der Waals surface area contributed by atoms with Gasteiger partial charge in [0, 0.05) is 50.9 Å². The Morgan fingerprint density at radius 3 is 2.64 bits per heavy atom. The molecule has 0 saturated heterocycles. The molecule has 6 heteroatoms. The van der Waals surface area contributed by atoms with Crippen LogP contribution in [0.4, 0.5) is 5.69 Å². The number of carbonyl (C=O) groups excluding carboxylic acids is 2. The number of benzene rings is 1. The summed E-state index contributed by atoms with van der Waals surface area (Å²) in [6.45, 7) is 4.98. The summed E-state index contributed by atoms with van der Waals surface area (Å²) >= 11 is 6.02. The van der Waals surface area contributed by atoms with Crippen molar-refractivity contribution in [2.75, 3.05) is 32.1 Å². The van der Waals surface area contributed by atoms with Gasteiger partial charge < -0.3 is 15.0 Å². The molecule has 0 unspecified atom stereocenters. The van der Waals surface area contributed by atoms with Crippen LogP contribution < -0.4 is 5.32 Å². The van der Waals surface area contributed by atoms with Gasteiger partial charge in [-0.2, -0.15) is 0 Å². The smallest absolute Gasteiger partial charge is 0.226 e. The average molecular weight is 327 g/mol. The number of hydrogen-bond acceptors (Lipinski definition) is 3. The number of amides is 2. The second-order valence-electron chi connectivity index (χ2n) is 5.11. The molecule has 0 saturated carbocycles. The highest BCUT2D eigenvalue weighted by molar-refractivity contribution is 6.31. The zero-order valence-corrected chi connectivity index (χ0v) is 14.1. The molecule has 0 aliphatic rings. The number of rotatable bonds is 8. The highest BCUT2D eigenvalue weighted by atomic mass is 35.5. The van der Waals surface area contributed by atoms with Crippen LogP contribution in [0, 0.1) is 6.92 Å². The molecule has 0 fully saturated rings. The van der Waals surface area contributed by atoms with Crippen LogP contribution in [0.2, 0.25) is 5.02 Å². The number of anilines is 1. The molecule has 0 atom stereocenters. The number of nitrogens with zero attached hydrogens (tertiary/aromatic N) is 1. The maximum absolute atomic E-state index is 11.9. The lowest BCUT2D eigenvalue weighted by Gasteiger charge is -2.20. The molecular weight excluding hydrogens is 304 g/mol. The van der Waals surface area contributed by atoms with Gasteiger partial charge in [0.25, 0.3) is 0 Å². The quantitative estimate of drug-likeness (QED) is 0.747. The SMILES string of the molecule is COCCCN(CCC(=O)Nc1ccc(C)c(Cl)c1)C(C)=O. The van der Waals surface area contributed by atoms with Gasteiger partial charge in [-0.05, 0) is 31.0 Å². The van der Waals surface area contributed by atoms with Gasteiger partial charge in [-0.15, -0.1) is 0 Å². The minimum Gasteiger partial charge on any atom is -0.385 e. The van der Waals surface area contributed by atoms with Crippen LogP contribution in [0.1, 0.15) is 25.3 Å². The van der Waals surface area contributed by atoms with Gasteiger partial charge in [-0.25, -0.2) is 0 Å². The predicted octanol–water partition coefficient (Wildman–Crippen LogP) is 2.86. The van der Waals surface area contributed by atoms with Crippen LogP contribution in [-0.2, 0) is 14.3 Å². The number of aryl methyl sites for hydroxylation is 1. The normalized spacial score (nSPS) is 10.4. The fourth-order valence-corrected chi connectivity index (χ4v) is 2.14. The van der Waals surface area contributed by atoms with Gasteiger partial charge in [0.05, 0.1) is 0 Å². The third-order valence-corrected chi connectivity index (χ3v) is 3.69. The topological polar surface area (TPSA) is 58.6 Å². The molecule has 1 aromatic rings. The maximum Gasteiger partial charge on any atom is 0.226 e. The second kappa shape index (κ2) is 9.43. The van der Waals surface area contributed by atoms with Gasteiger partial charge >= 0.3 is 0 Å². The lowest BCUT2D eigenvalue weighted by Crippen LogP contribution is -2.33. The van der Waals surface area contributed by atoms with E-state index in [-0.39, 0.29) is 18.2 Å². The molecule has 0 radical (unpaired) electrons. The molecule has 1 rings (SSSR count). The zero-order chi connectivity index (χ0) is 16.5. The molecule has 0 bridgehead atoms. The van der Waals surface area contributed by atoms with Crippen LogP contribution in [-0.4, -0.2) is 43.5 Å². The van der Waals surface area contributed by atoms with Crippen LogP contribution in [0.25, 0.3) is 0 Å². The lowest BCUT2D eigenvalue weighted by atomic mass is 10.2. The van der Waals surface area contributed by atoms with E-state index in [1.165, 1.54) is 6.92 Å². The average Bonchev–Trinajstić information content (AvgIpc) is 2.46. The van der Waals surface area contributed by atoms with Crippen molar-refractivity contribution in [3.8, 4) is 0 Å². The summed E-state index contributed by atoms with van der Waals surface area (Å²) in [5.74, 6) is -0.180. The van der Waals surface area contributed by atoms with E-state index in [9.17, 15) is 9.59 Å². The molecule has 0 heterocycles. The number of ether oxygens (including phenoxy) is 1. The van der Waals surface area contributed by atoms with Crippen molar-refractivity contribution in [2.45, 2.75) is 26.7 Å². The highest BCUT2D eigenvalue weighted by Gasteiger charge is 2.11. The molecule has 1 N–H and O–H groups in total. The first-order chi connectivity index (χ1) is 10.4.